The van der Waals surface area contributed by atoms with Gasteiger partial charge in [0, 0.05) is 32.6 Å². The van der Waals surface area contributed by atoms with E-state index in [1.54, 1.807) is 6.07 Å². The molecule has 0 unspecified atom stereocenters. The molecular formula is C20H22N4O2. The predicted octanol–water partition coefficient (Wildman–Crippen LogP) is 2.69. The SMILES string of the molecule is Oc1ccccc1N1CCN(Cc2nc(Cc3ccccc3)no2)CC1. The zero-order valence-electron chi connectivity index (χ0n) is 14.6. The minimum Gasteiger partial charge on any atom is -0.506 e. The van der Waals surface area contributed by atoms with Crippen molar-refractivity contribution in [2.75, 3.05) is 31.1 Å². The first-order chi connectivity index (χ1) is 12.8. The topological polar surface area (TPSA) is 65.6 Å². The highest BCUT2D eigenvalue weighted by Crippen LogP contribution is 2.27. The van der Waals surface area contributed by atoms with Crippen molar-refractivity contribution in [3.63, 3.8) is 0 Å². The summed E-state index contributed by atoms with van der Waals surface area (Å²) in [5.41, 5.74) is 2.08. The van der Waals surface area contributed by atoms with E-state index in [2.05, 4.69) is 32.1 Å². The highest BCUT2D eigenvalue weighted by atomic mass is 16.5. The minimum atomic E-state index is 0.336. The van der Waals surface area contributed by atoms with E-state index in [0.717, 1.165) is 37.7 Å². The lowest BCUT2D eigenvalue weighted by Crippen LogP contribution is -2.46. The van der Waals surface area contributed by atoms with E-state index in [9.17, 15) is 5.11 Å². The van der Waals surface area contributed by atoms with Crippen LogP contribution in [0.1, 0.15) is 17.3 Å². The molecule has 0 saturated carbocycles. The summed E-state index contributed by atoms with van der Waals surface area (Å²) in [7, 11) is 0. The molecule has 2 aromatic carbocycles. The second-order valence-corrected chi connectivity index (χ2v) is 6.52. The fraction of sp³-hybridized carbons (Fsp3) is 0.300. The number of anilines is 1. The number of rotatable bonds is 5. The third-order valence-electron chi connectivity index (χ3n) is 4.67. The maximum absolute atomic E-state index is 10.00. The first-order valence-corrected chi connectivity index (χ1v) is 8.88. The Kier molecular flexibility index (Phi) is 4.84. The zero-order valence-corrected chi connectivity index (χ0v) is 14.6. The van der Waals surface area contributed by atoms with Gasteiger partial charge >= 0.3 is 0 Å². The van der Waals surface area contributed by atoms with Gasteiger partial charge < -0.3 is 14.5 Å². The van der Waals surface area contributed by atoms with Crippen LogP contribution in [0.3, 0.4) is 0 Å². The Hall–Kier alpha value is -2.86. The van der Waals surface area contributed by atoms with Crippen LogP contribution in [0.4, 0.5) is 5.69 Å². The molecule has 0 amide bonds. The number of para-hydroxylation sites is 2. The summed E-state index contributed by atoms with van der Waals surface area (Å²) < 4.78 is 5.41. The molecule has 1 fully saturated rings. The van der Waals surface area contributed by atoms with Gasteiger partial charge in [-0.2, -0.15) is 4.98 Å². The summed E-state index contributed by atoms with van der Waals surface area (Å²) in [5, 5.41) is 14.1. The fourth-order valence-corrected chi connectivity index (χ4v) is 3.27. The predicted molar refractivity (Wildman–Crippen MR) is 99.1 cm³/mol. The maximum atomic E-state index is 10.00. The lowest BCUT2D eigenvalue weighted by molar-refractivity contribution is 0.215. The molecule has 0 atom stereocenters. The first-order valence-electron chi connectivity index (χ1n) is 8.88. The van der Waals surface area contributed by atoms with Gasteiger partial charge in [0.05, 0.1) is 12.2 Å². The van der Waals surface area contributed by atoms with Crippen LogP contribution in [0, 0.1) is 0 Å². The highest BCUT2D eigenvalue weighted by molar-refractivity contribution is 5.57. The first kappa shape index (κ1) is 16.6. The van der Waals surface area contributed by atoms with Crippen molar-refractivity contribution >= 4 is 5.69 Å². The van der Waals surface area contributed by atoms with E-state index in [-0.39, 0.29) is 0 Å². The van der Waals surface area contributed by atoms with Crippen molar-refractivity contribution in [2.24, 2.45) is 0 Å². The van der Waals surface area contributed by atoms with Crippen molar-refractivity contribution < 1.29 is 9.63 Å². The number of phenolic OH excluding ortho intramolecular Hbond substituents is 1. The standard InChI is InChI=1S/C20H22N4O2/c25-18-9-5-4-8-17(18)24-12-10-23(11-13-24)15-20-21-19(22-26-20)14-16-6-2-1-3-7-16/h1-9,25H,10-15H2. The smallest absolute Gasteiger partial charge is 0.240 e. The Balaban J connectivity index is 1.31. The lowest BCUT2D eigenvalue weighted by Gasteiger charge is -2.35. The zero-order chi connectivity index (χ0) is 17.8. The van der Waals surface area contributed by atoms with E-state index in [1.807, 2.05) is 36.4 Å². The monoisotopic (exact) mass is 350 g/mol. The number of hydrogen-bond donors (Lipinski definition) is 1. The molecule has 1 aliphatic heterocycles. The van der Waals surface area contributed by atoms with Crippen LogP contribution >= 0.6 is 0 Å². The molecule has 1 aliphatic rings. The average Bonchev–Trinajstić information content (AvgIpc) is 3.10. The van der Waals surface area contributed by atoms with Gasteiger partial charge in [-0.3, -0.25) is 4.90 Å². The van der Waals surface area contributed by atoms with E-state index in [1.165, 1.54) is 5.56 Å². The molecule has 6 heteroatoms. The van der Waals surface area contributed by atoms with Crippen LogP contribution in [0.2, 0.25) is 0 Å². The Morgan fingerprint density at radius 2 is 1.65 bits per heavy atom. The Morgan fingerprint density at radius 3 is 2.42 bits per heavy atom. The van der Waals surface area contributed by atoms with Crippen LogP contribution in [0.25, 0.3) is 0 Å². The number of benzene rings is 2. The fourth-order valence-electron chi connectivity index (χ4n) is 3.27. The van der Waals surface area contributed by atoms with E-state index in [4.69, 9.17) is 4.52 Å². The Morgan fingerprint density at radius 1 is 0.923 bits per heavy atom. The molecule has 3 aromatic rings. The van der Waals surface area contributed by atoms with Crippen molar-refractivity contribution in [1.29, 1.82) is 0 Å². The average molecular weight is 350 g/mol. The van der Waals surface area contributed by atoms with Crippen LogP contribution < -0.4 is 4.90 Å². The number of aromatic nitrogens is 2. The molecule has 26 heavy (non-hydrogen) atoms. The molecule has 1 aromatic heterocycles. The van der Waals surface area contributed by atoms with Crippen molar-refractivity contribution in [1.82, 2.24) is 15.0 Å². The van der Waals surface area contributed by atoms with Gasteiger partial charge in [-0.25, -0.2) is 0 Å². The number of aromatic hydroxyl groups is 1. The summed E-state index contributed by atoms with van der Waals surface area (Å²) in [6.07, 6.45) is 0.686. The molecule has 4 rings (SSSR count). The molecule has 0 radical (unpaired) electrons. The van der Waals surface area contributed by atoms with Crippen molar-refractivity contribution in [3.05, 3.63) is 71.9 Å². The van der Waals surface area contributed by atoms with Gasteiger partial charge in [-0.15, -0.1) is 0 Å². The van der Waals surface area contributed by atoms with Gasteiger partial charge in [-0.1, -0.05) is 47.6 Å². The number of hydrogen-bond acceptors (Lipinski definition) is 6. The van der Waals surface area contributed by atoms with Gasteiger partial charge in [0.2, 0.25) is 5.89 Å². The maximum Gasteiger partial charge on any atom is 0.240 e. The summed E-state index contributed by atoms with van der Waals surface area (Å²) in [6.45, 7) is 4.18. The molecule has 134 valence electrons. The van der Waals surface area contributed by atoms with Crippen LogP contribution in [-0.2, 0) is 13.0 Å². The van der Waals surface area contributed by atoms with Crippen LogP contribution in [0.5, 0.6) is 5.75 Å². The van der Waals surface area contributed by atoms with Crippen LogP contribution in [0.15, 0.2) is 59.1 Å². The third kappa shape index (κ3) is 3.86. The molecule has 2 heterocycles. The van der Waals surface area contributed by atoms with Gasteiger partial charge in [0.25, 0.3) is 0 Å². The largest absolute Gasteiger partial charge is 0.506 e. The molecule has 0 bridgehead atoms. The summed E-state index contributed by atoms with van der Waals surface area (Å²) in [5.74, 6) is 1.72. The number of nitrogens with zero attached hydrogens (tertiary/aromatic N) is 4. The molecule has 6 nitrogen and oxygen atoms in total. The Bertz CT molecular complexity index is 842. The molecule has 0 spiro atoms. The van der Waals surface area contributed by atoms with E-state index in [0.29, 0.717) is 24.6 Å². The van der Waals surface area contributed by atoms with E-state index < -0.39 is 0 Å². The normalized spacial score (nSPS) is 15.3. The second-order valence-electron chi connectivity index (χ2n) is 6.52. The van der Waals surface area contributed by atoms with Gasteiger partial charge in [0.1, 0.15) is 5.75 Å². The molecule has 1 N–H and O–H groups in total. The number of phenols is 1. The minimum absolute atomic E-state index is 0.336. The lowest BCUT2D eigenvalue weighted by atomic mass is 10.1. The molecule has 0 aliphatic carbocycles. The second kappa shape index (κ2) is 7.58. The summed E-state index contributed by atoms with van der Waals surface area (Å²) >= 11 is 0. The summed E-state index contributed by atoms with van der Waals surface area (Å²) in [6, 6.07) is 17.6. The summed E-state index contributed by atoms with van der Waals surface area (Å²) in [4.78, 5) is 9.03. The van der Waals surface area contributed by atoms with Crippen LogP contribution in [-0.4, -0.2) is 46.3 Å². The van der Waals surface area contributed by atoms with Crippen molar-refractivity contribution in [2.45, 2.75) is 13.0 Å². The Labute approximate surface area is 152 Å². The van der Waals surface area contributed by atoms with E-state index >= 15 is 0 Å². The molecular weight excluding hydrogens is 328 g/mol. The third-order valence-corrected chi connectivity index (χ3v) is 4.67. The van der Waals surface area contributed by atoms with Gasteiger partial charge in [0.15, 0.2) is 5.82 Å². The quantitative estimate of drug-likeness (QED) is 0.763. The van der Waals surface area contributed by atoms with Gasteiger partial charge in [-0.05, 0) is 17.7 Å². The van der Waals surface area contributed by atoms with Crippen molar-refractivity contribution in [3.8, 4) is 5.75 Å². The highest BCUT2D eigenvalue weighted by Gasteiger charge is 2.20. The number of piperazine rings is 1. The molecule has 1 saturated heterocycles.